The number of amides is 1. The lowest BCUT2D eigenvalue weighted by Crippen LogP contribution is -2.49. The Bertz CT molecular complexity index is 830. The number of hydrogen-bond donors (Lipinski definition) is 1. The van der Waals surface area contributed by atoms with E-state index >= 15 is 0 Å². The summed E-state index contributed by atoms with van der Waals surface area (Å²) in [4.78, 5) is 18.8. The Morgan fingerprint density at radius 2 is 2.13 bits per heavy atom. The standard InChI is InChI=1S/C16H19N3O3S/c1-23(21,22)18-12-5-4-10-19(11-12)16(20)14-6-2-8-15-13(14)7-3-9-17-15/h2-3,6-9,12,18H,4-5,10-11H2,1H3/t12-/m1/s1. The van der Waals surface area contributed by atoms with E-state index in [1.807, 2.05) is 24.3 Å². The molecule has 1 aliphatic heterocycles. The molecule has 1 N–H and O–H groups in total. The molecule has 1 aliphatic rings. The predicted octanol–water partition coefficient (Wildman–Crippen LogP) is 1.39. The van der Waals surface area contributed by atoms with Gasteiger partial charge in [0.2, 0.25) is 10.0 Å². The second-order valence-electron chi connectivity index (χ2n) is 5.86. The number of nitrogens with one attached hydrogen (secondary N) is 1. The number of benzene rings is 1. The van der Waals surface area contributed by atoms with Crippen molar-refractivity contribution >= 4 is 26.8 Å². The van der Waals surface area contributed by atoms with Crippen molar-refractivity contribution in [1.29, 1.82) is 0 Å². The van der Waals surface area contributed by atoms with Crippen molar-refractivity contribution in [2.24, 2.45) is 0 Å². The number of sulfonamides is 1. The van der Waals surface area contributed by atoms with Crippen LogP contribution >= 0.6 is 0 Å². The van der Waals surface area contributed by atoms with Crippen LogP contribution in [0, 0.1) is 0 Å². The monoisotopic (exact) mass is 333 g/mol. The number of aromatic nitrogens is 1. The maximum absolute atomic E-state index is 12.8. The van der Waals surface area contributed by atoms with E-state index in [1.54, 1.807) is 17.2 Å². The molecular weight excluding hydrogens is 314 g/mol. The number of likely N-dealkylation sites (tertiary alicyclic amines) is 1. The summed E-state index contributed by atoms with van der Waals surface area (Å²) in [6.07, 6.45) is 4.36. The van der Waals surface area contributed by atoms with E-state index < -0.39 is 10.0 Å². The van der Waals surface area contributed by atoms with Gasteiger partial charge in [0.25, 0.3) is 5.91 Å². The molecule has 3 rings (SSSR count). The zero-order chi connectivity index (χ0) is 16.4. The normalized spacial score (nSPS) is 19.0. The van der Waals surface area contributed by atoms with Gasteiger partial charge >= 0.3 is 0 Å². The van der Waals surface area contributed by atoms with Gasteiger partial charge in [0.1, 0.15) is 0 Å². The fourth-order valence-corrected chi connectivity index (χ4v) is 3.82. The highest BCUT2D eigenvalue weighted by Gasteiger charge is 2.26. The highest BCUT2D eigenvalue weighted by molar-refractivity contribution is 7.88. The molecule has 6 nitrogen and oxygen atoms in total. The number of pyridine rings is 1. The number of piperidine rings is 1. The zero-order valence-electron chi connectivity index (χ0n) is 12.9. The van der Waals surface area contributed by atoms with E-state index in [2.05, 4.69) is 9.71 Å². The van der Waals surface area contributed by atoms with Crippen molar-refractivity contribution in [1.82, 2.24) is 14.6 Å². The summed E-state index contributed by atoms with van der Waals surface area (Å²) in [7, 11) is -3.27. The first-order chi connectivity index (χ1) is 10.9. The molecule has 1 fully saturated rings. The number of fused-ring (bicyclic) bond motifs is 1. The van der Waals surface area contributed by atoms with Gasteiger partial charge < -0.3 is 4.90 Å². The third-order valence-corrected chi connectivity index (χ3v) is 4.73. The first kappa shape index (κ1) is 15.9. The molecule has 2 aromatic rings. The molecule has 0 aliphatic carbocycles. The molecule has 2 heterocycles. The van der Waals surface area contributed by atoms with Gasteiger partial charge in [-0.05, 0) is 31.0 Å². The van der Waals surface area contributed by atoms with Gasteiger partial charge in [-0.2, -0.15) is 0 Å². The van der Waals surface area contributed by atoms with Gasteiger partial charge in [-0.15, -0.1) is 0 Å². The highest BCUT2D eigenvalue weighted by atomic mass is 32.2. The third kappa shape index (κ3) is 3.68. The van der Waals surface area contributed by atoms with Crippen molar-refractivity contribution < 1.29 is 13.2 Å². The van der Waals surface area contributed by atoms with Crippen LogP contribution in [0.25, 0.3) is 10.9 Å². The Morgan fingerprint density at radius 3 is 2.91 bits per heavy atom. The summed E-state index contributed by atoms with van der Waals surface area (Å²) in [6, 6.07) is 8.94. The van der Waals surface area contributed by atoms with Crippen LogP contribution in [-0.4, -0.2) is 49.6 Å². The predicted molar refractivity (Wildman–Crippen MR) is 88.6 cm³/mol. The van der Waals surface area contributed by atoms with E-state index in [0.717, 1.165) is 30.0 Å². The number of nitrogens with zero attached hydrogens (tertiary/aromatic N) is 2. The van der Waals surface area contributed by atoms with Crippen molar-refractivity contribution in [3.05, 3.63) is 42.1 Å². The minimum Gasteiger partial charge on any atom is -0.337 e. The second-order valence-corrected chi connectivity index (χ2v) is 7.64. The first-order valence-electron chi connectivity index (χ1n) is 7.54. The van der Waals surface area contributed by atoms with Crippen LogP contribution in [0.15, 0.2) is 36.5 Å². The summed E-state index contributed by atoms with van der Waals surface area (Å²) in [5, 5.41) is 0.818. The molecule has 0 bridgehead atoms. The van der Waals surface area contributed by atoms with E-state index in [9.17, 15) is 13.2 Å². The molecule has 0 saturated carbocycles. The number of carbonyl (C=O) groups is 1. The van der Waals surface area contributed by atoms with Crippen molar-refractivity contribution in [2.75, 3.05) is 19.3 Å². The molecule has 0 radical (unpaired) electrons. The van der Waals surface area contributed by atoms with Crippen LogP contribution in [0.5, 0.6) is 0 Å². The molecule has 0 unspecified atom stereocenters. The Balaban J connectivity index is 1.84. The molecular formula is C16H19N3O3S. The van der Waals surface area contributed by atoms with Crippen LogP contribution in [0.1, 0.15) is 23.2 Å². The maximum atomic E-state index is 12.8. The summed E-state index contributed by atoms with van der Waals surface area (Å²) < 4.78 is 25.4. The molecule has 1 saturated heterocycles. The molecule has 1 amide bonds. The van der Waals surface area contributed by atoms with Crippen LogP contribution in [-0.2, 0) is 10.0 Å². The lowest BCUT2D eigenvalue weighted by atomic mass is 10.0. The summed E-state index contributed by atoms with van der Waals surface area (Å²) >= 11 is 0. The van der Waals surface area contributed by atoms with Gasteiger partial charge in [0.15, 0.2) is 0 Å². The fraction of sp³-hybridized carbons (Fsp3) is 0.375. The topological polar surface area (TPSA) is 79.4 Å². The van der Waals surface area contributed by atoms with E-state index in [4.69, 9.17) is 0 Å². The van der Waals surface area contributed by atoms with Crippen LogP contribution in [0.4, 0.5) is 0 Å². The third-order valence-electron chi connectivity index (χ3n) is 3.97. The number of hydrogen-bond acceptors (Lipinski definition) is 4. The lowest BCUT2D eigenvalue weighted by Gasteiger charge is -2.33. The Kier molecular flexibility index (Phi) is 4.32. The molecule has 23 heavy (non-hydrogen) atoms. The lowest BCUT2D eigenvalue weighted by molar-refractivity contribution is 0.0705. The quantitative estimate of drug-likeness (QED) is 0.920. The average molecular weight is 333 g/mol. The molecule has 1 atom stereocenters. The molecule has 7 heteroatoms. The van der Waals surface area contributed by atoms with Gasteiger partial charge in [-0.25, -0.2) is 13.1 Å². The summed E-state index contributed by atoms with van der Waals surface area (Å²) in [6.45, 7) is 1.03. The van der Waals surface area contributed by atoms with Crippen LogP contribution in [0.3, 0.4) is 0 Å². The van der Waals surface area contributed by atoms with Crippen LogP contribution in [0.2, 0.25) is 0 Å². The van der Waals surface area contributed by atoms with Crippen LogP contribution < -0.4 is 4.72 Å². The SMILES string of the molecule is CS(=O)(=O)N[C@@H]1CCCN(C(=O)c2cccc3ncccc23)C1. The van der Waals surface area contributed by atoms with Gasteiger partial charge in [-0.3, -0.25) is 9.78 Å². The van der Waals surface area contributed by atoms with E-state index in [1.165, 1.54) is 0 Å². The average Bonchev–Trinajstić information content (AvgIpc) is 2.52. The van der Waals surface area contributed by atoms with Gasteiger partial charge in [0, 0.05) is 36.3 Å². The van der Waals surface area contributed by atoms with E-state index in [-0.39, 0.29) is 11.9 Å². The smallest absolute Gasteiger partial charge is 0.254 e. The number of carbonyl (C=O) groups excluding carboxylic acids is 1. The summed E-state index contributed by atoms with van der Waals surface area (Å²) in [5.41, 5.74) is 1.39. The molecule has 122 valence electrons. The molecule has 0 spiro atoms. The molecule has 1 aromatic carbocycles. The Hall–Kier alpha value is -1.99. The molecule has 1 aromatic heterocycles. The second kappa shape index (κ2) is 6.25. The Labute approximate surface area is 135 Å². The minimum atomic E-state index is -3.27. The zero-order valence-corrected chi connectivity index (χ0v) is 13.7. The van der Waals surface area contributed by atoms with Crippen molar-refractivity contribution in [3.63, 3.8) is 0 Å². The largest absolute Gasteiger partial charge is 0.337 e. The van der Waals surface area contributed by atoms with Crippen molar-refractivity contribution in [3.8, 4) is 0 Å². The fourth-order valence-electron chi connectivity index (χ4n) is 3.02. The van der Waals surface area contributed by atoms with Gasteiger partial charge in [0.05, 0.1) is 11.8 Å². The van der Waals surface area contributed by atoms with Gasteiger partial charge in [-0.1, -0.05) is 12.1 Å². The minimum absolute atomic E-state index is 0.0800. The Morgan fingerprint density at radius 1 is 1.30 bits per heavy atom. The van der Waals surface area contributed by atoms with E-state index in [0.29, 0.717) is 18.7 Å². The maximum Gasteiger partial charge on any atom is 0.254 e. The first-order valence-corrected chi connectivity index (χ1v) is 9.43. The number of rotatable bonds is 3. The summed E-state index contributed by atoms with van der Waals surface area (Å²) in [5.74, 6) is -0.0800. The highest BCUT2D eigenvalue weighted by Crippen LogP contribution is 2.20. The van der Waals surface area contributed by atoms with Crippen molar-refractivity contribution in [2.45, 2.75) is 18.9 Å².